The molecule has 0 amide bonds. The second-order valence-corrected chi connectivity index (χ2v) is 6.07. The van der Waals surface area contributed by atoms with Crippen molar-refractivity contribution in [2.75, 3.05) is 7.11 Å². The Balaban J connectivity index is 2.51. The summed E-state index contributed by atoms with van der Waals surface area (Å²) in [7, 11) is 1.60. The number of hydrogen-bond donors (Lipinski definition) is 1. The summed E-state index contributed by atoms with van der Waals surface area (Å²) in [6.07, 6.45) is -0.742. The van der Waals surface area contributed by atoms with Crippen LogP contribution in [0.25, 0.3) is 0 Å². The Kier molecular flexibility index (Phi) is 4.74. The van der Waals surface area contributed by atoms with Crippen LogP contribution in [0.3, 0.4) is 0 Å². The molecule has 20 heavy (non-hydrogen) atoms. The quantitative estimate of drug-likeness (QED) is 0.856. The number of ether oxygens (including phenoxy) is 1. The van der Waals surface area contributed by atoms with Gasteiger partial charge in [-0.2, -0.15) is 0 Å². The Morgan fingerprint density at radius 1 is 1.10 bits per heavy atom. The zero-order chi connectivity index (χ0) is 14.9. The van der Waals surface area contributed by atoms with E-state index in [0.29, 0.717) is 10.8 Å². The minimum Gasteiger partial charge on any atom is -0.496 e. The van der Waals surface area contributed by atoms with Crippen molar-refractivity contribution in [1.29, 1.82) is 0 Å². The van der Waals surface area contributed by atoms with E-state index in [-0.39, 0.29) is 0 Å². The van der Waals surface area contributed by atoms with Crippen molar-refractivity contribution in [3.05, 3.63) is 62.1 Å². The lowest BCUT2D eigenvalue weighted by Gasteiger charge is -2.18. The largest absolute Gasteiger partial charge is 0.496 e. The molecule has 1 unspecified atom stereocenters. The first-order chi connectivity index (χ1) is 9.43. The second kappa shape index (κ2) is 6.17. The van der Waals surface area contributed by atoms with Crippen molar-refractivity contribution in [3.8, 4) is 5.75 Å². The monoisotopic (exact) mass is 354 g/mol. The van der Waals surface area contributed by atoms with E-state index in [1.807, 2.05) is 44.2 Å². The zero-order valence-corrected chi connectivity index (χ0v) is 13.9. The maximum Gasteiger partial charge on any atom is 0.126 e. The first-order valence-electron chi connectivity index (χ1n) is 6.22. The predicted molar refractivity (Wildman–Crippen MR) is 85.7 cm³/mol. The first kappa shape index (κ1) is 15.4. The van der Waals surface area contributed by atoms with Gasteiger partial charge in [-0.15, -0.1) is 0 Å². The van der Waals surface area contributed by atoms with Crippen molar-refractivity contribution in [2.24, 2.45) is 0 Å². The van der Waals surface area contributed by atoms with Crippen LogP contribution in [0.2, 0.25) is 5.02 Å². The van der Waals surface area contributed by atoms with E-state index in [2.05, 4.69) is 15.9 Å². The summed E-state index contributed by atoms with van der Waals surface area (Å²) >= 11 is 9.50. The molecule has 0 bridgehead atoms. The molecule has 0 saturated heterocycles. The smallest absolute Gasteiger partial charge is 0.126 e. The van der Waals surface area contributed by atoms with Gasteiger partial charge in [0.2, 0.25) is 0 Å². The highest BCUT2D eigenvalue weighted by Gasteiger charge is 2.18. The van der Waals surface area contributed by atoms with Crippen LogP contribution in [0, 0.1) is 13.8 Å². The highest BCUT2D eigenvalue weighted by molar-refractivity contribution is 9.10. The van der Waals surface area contributed by atoms with Crippen LogP contribution in [0.5, 0.6) is 5.75 Å². The van der Waals surface area contributed by atoms with E-state index < -0.39 is 6.10 Å². The number of aliphatic hydroxyl groups is 1. The standard InChI is InChI=1S/C16H16BrClO2/c1-9-7-14(18)10(2)6-13(9)16(19)12-5-4-11(17)8-15(12)20-3/h4-8,16,19H,1-3H3. The SMILES string of the molecule is COc1cc(Br)ccc1C(O)c1cc(C)c(Cl)cc1C. The normalized spacial score (nSPS) is 12.3. The van der Waals surface area contributed by atoms with Gasteiger partial charge < -0.3 is 9.84 Å². The van der Waals surface area contributed by atoms with E-state index >= 15 is 0 Å². The van der Waals surface area contributed by atoms with Gasteiger partial charge in [0.05, 0.1) is 7.11 Å². The van der Waals surface area contributed by atoms with Crippen molar-refractivity contribution in [1.82, 2.24) is 0 Å². The van der Waals surface area contributed by atoms with Gasteiger partial charge in [0.15, 0.2) is 0 Å². The molecule has 0 aliphatic heterocycles. The lowest BCUT2D eigenvalue weighted by molar-refractivity contribution is 0.214. The lowest BCUT2D eigenvalue weighted by atomic mass is 9.95. The lowest BCUT2D eigenvalue weighted by Crippen LogP contribution is -2.05. The van der Waals surface area contributed by atoms with E-state index in [9.17, 15) is 5.11 Å². The fourth-order valence-corrected chi connectivity index (χ4v) is 2.73. The van der Waals surface area contributed by atoms with E-state index in [1.54, 1.807) is 7.11 Å². The van der Waals surface area contributed by atoms with E-state index in [1.165, 1.54) is 0 Å². The Bertz CT molecular complexity index is 641. The van der Waals surface area contributed by atoms with Gasteiger partial charge in [-0.3, -0.25) is 0 Å². The van der Waals surface area contributed by atoms with Gasteiger partial charge >= 0.3 is 0 Å². The van der Waals surface area contributed by atoms with Gasteiger partial charge in [0.1, 0.15) is 11.9 Å². The molecule has 2 aromatic carbocycles. The molecule has 2 rings (SSSR count). The van der Waals surface area contributed by atoms with Crippen molar-refractivity contribution in [2.45, 2.75) is 20.0 Å². The van der Waals surface area contributed by atoms with Crippen molar-refractivity contribution >= 4 is 27.5 Å². The summed E-state index contributed by atoms with van der Waals surface area (Å²) < 4.78 is 6.26. The molecule has 2 aromatic rings. The summed E-state index contributed by atoms with van der Waals surface area (Å²) in [6.45, 7) is 3.87. The Hall–Kier alpha value is -1.03. The fourth-order valence-electron chi connectivity index (χ4n) is 2.18. The minimum absolute atomic E-state index is 0.652. The topological polar surface area (TPSA) is 29.5 Å². The Morgan fingerprint density at radius 2 is 1.80 bits per heavy atom. The number of halogens is 2. The average Bonchev–Trinajstić information content (AvgIpc) is 2.42. The van der Waals surface area contributed by atoms with Crippen LogP contribution < -0.4 is 4.74 Å². The van der Waals surface area contributed by atoms with Crippen LogP contribution in [0.1, 0.15) is 28.4 Å². The number of aryl methyl sites for hydroxylation is 2. The maximum absolute atomic E-state index is 10.7. The number of methoxy groups -OCH3 is 1. The number of rotatable bonds is 3. The summed E-state index contributed by atoms with van der Waals surface area (Å²) in [5, 5.41) is 11.4. The van der Waals surface area contributed by atoms with Crippen molar-refractivity contribution in [3.63, 3.8) is 0 Å². The average molecular weight is 356 g/mol. The molecule has 0 aliphatic rings. The third-order valence-corrected chi connectivity index (χ3v) is 4.23. The molecule has 0 fully saturated rings. The summed E-state index contributed by atoms with van der Waals surface area (Å²) in [4.78, 5) is 0. The molecule has 0 saturated carbocycles. The fraction of sp³-hybridized carbons (Fsp3) is 0.250. The number of aliphatic hydroxyl groups excluding tert-OH is 1. The maximum atomic E-state index is 10.7. The molecule has 0 aromatic heterocycles. The molecule has 0 heterocycles. The molecule has 1 N–H and O–H groups in total. The molecule has 2 nitrogen and oxygen atoms in total. The van der Waals surface area contributed by atoms with E-state index in [4.69, 9.17) is 16.3 Å². The summed E-state index contributed by atoms with van der Waals surface area (Å²) in [5.41, 5.74) is 3.48. The van der Waals surface area contributed by atoms with Crippen LogP contribution in [0.15, 0.2) is 34.8 Å². The Morgan fingerprint density at radius 3 is 2.45 bits per heavy atom. The Labute approximate surface area is 132 Å². The van der Waals surface area contributed by atoms with Gasteiger partial charge in [-0.25, -0.2) is 0 Å². The van der Waals surface area contributed by atoms with Gasteiger partial charge in [0.25, 0.3) is 0 Å². The van der Waals surface area contributed by atoms with Crippen LogP contribution in [-0.2, 0) is 0 Å². The van der Waals surface area contributed by atoms with Gasteiger partial charge in [-0.1, -0.05) is 39.7 Å². The van der Waals surface area contributed by atoms with Crippen LogP contribution in [0.4, 0.5) is 0 Å². The minimum atomic E-state index is -0.742. The van der Waals surface area contributed by atoms with E-state index in [0.717, 1.165) is 26.7 Å². The van der Waals surface area contributed by atoms with Gasteiger partial charge in [-0.05, 0) is 48.7 Å². The first-order valence-corrected chi connectivity index (χ1v) is 7.39. The molecule has 0 radical (unpaired) electrons. The molecule has 106 valence electrons. The number of benzene rings is 2. The number of hydrogen-bond acceptors (Lipinski definition) is 2. The highest BCUT2D eigenvalue weighted by Crippen LogP contribution is 2.35. The highest BCUT2D eigenvalue weighted by atomic mass is 79.9. The second-order valence-electron chi connectivity index (χ2n) is 4.75. The molecule has 4 heteroatoms. The van der Waals surface area contributed by atoms with Gasteiger partial charge in [0, 0.05) is 15.1 Å². The van der Waals surface area contributed by atoms with Crippen LogP contribution in [-0.4, -0.2) is 12.2 Å². The molecular formula is C16H16BrClO2. The zero-order valence-electron chi connectivity index (χ0n) is 11.6. The third kappa shape index (κ3) is 3.00. The van der Waals surface area contributed by atoms with Crippen molar-refractivity contribution < 1.29 is 9.84 Å². The predicted octanol–water partition coefficient (Wildman–Crippen LogP) is 4.81. The van der Waals surface area contributed by atoms with Crippen LogP contribution >= 0.6 is 27.5 Å². The summed E-state index contributed by atoms with van der Waals surface area (Å²) in [5.74, 6) is 0.652. The summed E-state index contributed by atoms with van der Waals surface area (Å²) in [6, 6.07) is 9.39. The molecule has 1 atom stereocenters. The molecule has 0 aliphatic carbocycles. The molecular weight excluding hydrogens is 340 g/mol. The third-order valence-electron chi connectivity index (χ3n) is 3.33. The molecule has 0 spiro atoms.